The van der Waals surface area contributed by atoms with Crippen LogP contribution in [0.3, 0.4) is 0 Å². The van der Waals surface area contributed by atoms with Crippen LogP contribution in [-0.4, -0.2) is 55.5 Å². The van der Waals surface area contributed by atoms with Gasteiger partial charge in [0.15, 0.2) is 0 Å². The van der Waals surface area contributed by atoms with Crippen LogP contribution in [0.2, 0.25) is 0 Å². The van der Waals surface area contributed by atoms with Crippen molar-refractivity contribution in [3.05, 3.63) is 112 Å². The summed E-state index contributed by atoms with van der Waals surface area (Å²) in [5.74, 6) is 3.97. The lowest BCUT2D eigenvalue weighted by Crippen LogP contribution is -2.33. The molecule has 2 atom stereocenters. The third kappa shape index (κ3) is 16.7. The van der Waals surface area contributed by atoms with Crippen LogP contribution in [0.15, 0.2) is 89.4 Å². The molecule has 2 aliphatic carbocycles. The fraction of sp³-hybridized carbons (Fsp3) is 0.519. The molecule has 0 saturated heterocycles. The summed E-state index contributed by atoms with van der Waals surface area (Å²) in [6.45, 7) is 23.1. The maximum Gasteiger partial charge on any atom is 0.488 e. The highest BCUT2D eigenvalue weighted by Gasteiger charge is 2.28. The van der Waals surface area contributed by atoms with Gasteiger partial charge in [0.25, 0.3) is 0 Å². The first-order valence-electron chi connectivity index (χ1n) is 23.6. The fourth-order valence-corrected chi connectivity index (χ4v) is 8.13. The molecule has 2 saturated carbocycles. The molecule has 0 radical (unpaired) electrons. The van der Waals surface area contributed by atoms with Crippen molar-refractivity contribution < 1.29 is 38.6 Å². The SMILES string of the molecule is CC(C)c1ccccc1B(O)O.CCOC(=O)C(CC(C)C)c1ccc(OCC2CC2)c(-c2ccccc2C(C)C)c1.CCOC(=O)C(CC(C)C)c1ccc(OCC2CC2)c(Br)c1. The first-order chi connectivity index (χ1) is 30.5. The van der Waals surface area contributed by atoms with Gasteiger partial charge >= 0.3 is 19.1 Å². The van der Waals surface area contributed by atoms with Gasteiger partial charge in [0.05, 0.1) is 42.7 Å². The summed E-state index contributed by atoms with van der Waals surface area (Å²) in [4.78, 5) is 25.0. The number of ether oxygens (including phenoxy) is 4. The maximum atomic E-state index is 12.8. The summed E-state index contributed by atoms with van der Waals surface area (Å²) in [5, 5.41) is 18.0. The van der Waals surface area contributed by atoms with E-state index in [2.05, 4.69) is 93.9 Å². The van der Waals surface area contributed by atoms with E-state index in [4.69, 9.17) is 29.0 Å². The van der Waals surface area contributed by atoms with E-state index in [0.29, 0.717) is 48.3 Å². The number of halogens is 1. The van der Waals surface area contributed by atoms with Gasteiger partial charge in [0.1, 0.15) is 11.5 Å². The zero-order valence-corrected chi connectivity index (χ0v) is 41.7. The minimum atomic E-state index is -1.36. The highest BCUT2D eigenvalue weighted by Crippen LogP contribution is 2.40. The van der Waals surface area contributed by atoms with Crippen LogP contribution in [0.25, 0.3) is 11.1 Å². The second-order valence-corrected chi connectivity index (χ2v) is 19.6. The fourth-order valence-electron chi connectivity index (χ4n) is 7.62. The summed E-state index contributed by atoms with van der Waals surface area (Å²) < 4.78 is 23.6. The Kier molecular flexibility index (Phi) is 21.4. The van der Waals surface area contributed by atoms with Crippen molar-refractivity contribution in [2.75, 3.05) is 26.4 Å². The van der Waals surface area contributed by atoms with Crippen molar-refractivity contribution in [1.29, 1.82) is 0 Å². The number of esters is 2. The lowest BCUT2D eigenvalue weighted by atomic mass is 9.74. The monoisotopic (exact) mass is 940 g/mol. The number of carbonyl (C=O) groups is 2. The van der Waals surface area contributed by atoms with Crippen LogP contribution in [0, 0.1) is 23.7 Å². The van der Waals surface area contributed by atoms with E-state index in [1.807, 2.05) is 64.1 Å². The Balaban J connectivity index is 0.000000230. The molecule has 0 bridgehead atoms. The predicted octanol–water partition coefficient (Wildman–Crippen LogP) is 12.4. The highest BCUT2D eigenvalue weighted by atomic mass is 79.9. The minimum absolute atomic E-state index is 0.138. The first-order valence-corrected chi connectivity index (χ1v) is 24.4. The molecule has 10 heteroatoms. The Morgan fingerprint density at radius 1 is 0.609 bits per heavy atom. The topological polar surface area (TPSA) is 112 Å². The Hall–Kier alpha value is -4.12. The van der Waals surface area contributed by atoms with Crippen molar-refractivity contribution in [2.24, 2.45) is 23.7 Å². The molecule has 8 nitrogen and oxygen atoms in total. The maximum absolute atomic E-state index is 12.8. The van der Waals surface area contributed by atoms with Crippen molar-refractivity contribution in [3.63, 3.8) is 0 Å². The van der Waals surface area contributed by atoms with Crippen molar-refractivity contribution in [2.45, 2.75) is 131 Å². The lowest BCUT2D eigenvalue weighted by molar-refractivity contribution is -0.146. The normalized spacial score (nSPS) is 14.3. The Bertz CT molecular complexity index is 2030. The summed E-state index contributed by atoms with van der Waals surface area (Å²) >= 11 is 3.56. The predicted molar refractivity (Wildman–Crippen MR) is 265 cm³/mol. The average Bonchev–Trinajstić information content (AvgIpc) is 4.21. The molecule has 6 rings (SSSR count). The Labute approximate surface area is 393 Å². The number of hydrogen-bond acceptors (Lipinski definition) is 8. The third-order valence-electron chi connectivity index (χ3n) is 11.4. The molecule has 2 N–H and O–H groups in total. The molecule has 348 valence electrons. The molecule has 0 heterocycles. The molecule has 0 spiro atoms. The number of rotatable bonds is 20. The standard InChI is InChI=1S/C27H36O3.C18H25BrO3.C9H13BO2/c1-6-29-27(28)24(15-18(2)3)21-13-14-26(30-17-20-11-12-20)25(16-21)23-10-8-7-9-22(23)19(4)5;1-4-21-18(20)15(9-12(2)3)14-7-8-17(16(19)10-14)22-11-13-5-6-13;1-7(2)8-5-3-4-6-9(8)10(11)12/h7-10,13-14,16,18-20,24H,6,11-12,15,17H2,1-5H3;7-8,10,12-13,15H,4-6,9,11H2,1-3H3;3-7,11-12H,1-2H3. The molecule has 2 aliphatic rings. The number of hydrogen-bond donors (Lipinski definition) is 2. The average molecular weight is 942 g/mol. The van der Waals surface area contributed by atoms with Crippen molar-refractivity contribution in [1.82, 2.24) is 0 Å². The quantitative estimate of drug-likeness (QED) is 0.0666. The molecular weight excluding hydrogens is 867 g/mol. The van der Waals surface area contributed by atoms with Gasteiger partial charge in [-0.3, -0.25) is 9.59 Å². The molecule has 0 aromatic heterocycles. The van der Waals surface area contributed by atoms with Gasteiger partial charge in [0.2, 0.25) is 0 Å². The van der Waals surface area contributed by atoms with Gasteiger partial charge in [0, 0.05) is 5.56 Å². The van der Waals surface area contributed by atoms with E-state index in [9.17, 15) is 9.59 Å². The first kappa shape index (κ1) is 52.5. The molecule has 2 fully saturated rings. The van der Waals surface area contributed by atoms with Crippen LogP contribution >= 0.6 is 15.9 Å². The highest BCUT2D eigenvalue weighted by molar-refractivity contribution is 9.10. The number of benzene rings is 4. The number of carbonyl (C=O) groups excluding carboxylic acids is 2. The van der Waals surface area contributed by atoms with E-state index in [1.165, 1.54) is 36.8 Å². The van der Waals surface area contributed by atoms with Crippen LogP contribution in [0.4, 0.5) is 0 Å². The van der Waals surface area contributed by atoms with E-state index in [-0.39, 0.29) is 23.8 Å². The molecule has 64 heavy (non-hydrogen) atoms. The Morgan fingerprint density at radius 3 is 1.50 bits per heavy atom. The Morgan fingerprint density at radius 2 is 1.06 bits per heavy atom. The van der Waals surface area contributed by atoms with Crippen molar-refractivity contribution >= 4 is 40.4 Å². The van der Waals surface area contributed by atoms with Crippen molar-refractivity contribution in [3.8, 4) is 22.6 Å². The van der Waals surface area contributed by atoms with Crippen LogP contribution < -0.4 is 14.9 Å². The molecule has 0 amide bonds. The molecule has 0 aliphatic heterocycles. The smallest absolute Gasteiger partial charge is 0.488 e. The van der Waals surface area contributed by atoms with Crippen LogP contribution in [-0.2, 0) is 19.1 Å². The summed E-state index contributed by atoms with van der Waals surface area (Å²) in [6.07, 6.45) is 6.62. The van der Waals surface area contributed by atoms with E-state index in [0.717, 1.165) is 70.2 Å². The largest absolute Gasteiger partial charge is 0.493 e. The van der Waals surface area contributed by atoms with Gasteiger partial charge in [-0.05, 0) is 161 Å². The van der Waals surface area contributed by atoms with Gasteiger partial charge in [-0.1, -0.05) is 116 Å². The lowest BCUT2D eigenvalue weighted by Gasteiger charge is -2.22. The van der Waals surface area contributed by atoms with E-state index < -0.39 is 7.12 Å². The molecule has 4 aromatic carbocycles. The summed E-state index contributed by atoms with van der Waals surface area (Å²) in [5.41, 5.74) is 7.15. The minimum Gasteiger partial charge on any atom is -0.493 e. The summed E-state index contributed by atoms with van der Waals surface area (Å²) in [6, 6.07) is 28.1. The van der Waals surface area contributed by atoms with Gasteiger partial charge in [-0.15, -0.1) is 0 Å². The molecular formula is C54H74BBrO8. The second-order valence-electron chi connectivity index (χ2n) is 18.7. The van der Waals surface area contributed by atoms with Crippen LogP contribution in [0.1, 0.15) is 154 Å². The second kappa shape index (κ2) is 26.1. The summed E-state index contributed by atoms with van der Waals surface area (Å²) in [7, 11) is -1.36. The zero-order chi connectivity index (χ0) is 46.9. The molecule has 4 aromatic rings. The molecule has 2 unspecified atom stereocenters. The van der Waals surface area contributed by atoms with Gasteiger partial charge in [-0.2, -0.15) is 0 Å². The van der Waals surface area contributed by atoms with Crippen LogP contribution in [0.5, 0.6) is 11.5 Å². The zero-order valence-electron chi connectivity index (χ0n) is 40.1. The van der Waals surface area contributed by atoms with Gasteiger partial charge < -0.3 is 29.0 Å². The third-order valence-corrected chi connectivity index (χ3v) is 12.1. The van der Waals surface area contributed by atoms with E-state index in [1.54, 1.807) is 12.1 Å². The van der Waals surface area contributed by atoms with E-state index >= 15 is 0 Å². The van der Waals surface area contributed by atoms with Gasteiger partial charge in [-0.25, -0.2) is 0 Å².